The van der Waals surface area contributed by atoms with E-state index >= 15 is 0 Å². The summed E-state index contributed by atoms with van der Waals surface area (Å²) in [5.74, 6) is 0.202. The summed E-state index contributed by atoms with van der Waals surface area (Å²) >= 11 is 0. The van der Waals surface area contributed by atoms with Crippen molar-refractivity contribution in [1.82, 2.24) is 9.29 Å². The lowest BCUT2D eigenvalue weighted by atomic mass is 10.1. The molecule has 5 heteroatoms. The van der Waals surface area contributed by atoms with Crippen LogP contribution in [0, 0.1) is 6.92 Å². The van der Waals surface area contributed by atoms with Gasteiger partial charge in [-0.1, -0.05) is 31.5 Å². The molecule has 0 aliphatic heterocycles. The molecule has 0 saturated carbocycles. The van der Waals surface area contributed by atoms with Gasteiger partial charge in [0.1, 0.15) is 0 Å². The lowest BCUT2D eigenvalue weighted by Gasteiger charge is -2.07. The van der Waals surface area contributed by atoms with Gasteiger partial charge in [-0.05, 0) is 25.0 Å². The van der Waals surface area contributed by atoms with Crippen molar-refractivity contribution in [2.24, 2.45) is 7.05 Å². The molecule has 0 radical (unpaired) electrons. The second kappa shape index (κ2) is 5.97. The summed E-state index contributed by atoms with van der Waals surface area (Å²) in [5.41, 5.74) is 3.29. The maximum atomic E-state index is 11.9. The molecule has 0 fully saturated rings. The van der Waals surface area contributed by atoms with Crippen LogP contribution < -0.4 is 4.72 Å². The van der Waals surface area contributed by atoms with Crippen LogP contribution in [-0.4, -0.2) is 18.7 Å². The molecule has 2 rings (SSSR count). The molecule has 0 atom stereocenters. The van der Waals surface area contributed by atoms with Gasteiger partial charge in [0.15, 0.2) is 0 Å². The zero-order chi connectivity index (χ0) is 14.8. The molecule has 0 unspecified atom stereocenters. The number of nitrogens with zero attached hydrogens (tertiary/aromatic N) is 1. The van der Waals surface area contributed by atoms with E-state index in [0.717, 1.165) is 28.6 Å². The van der Waals surface area contributed by atoms with Crippen LogP contribution in [0.2, 0.25) is 0 Å². The first kappa shape index (κ1) is 15.1. The van der Waals surface area contributed by atoms with E-state index in [1.807, 2.05) is 39.1 Å². The lowest BCUT2D eigenvalue weighted by Crippen LogP contribution is -2.26. The van der Waals surface area contributed by atoms with E-state index in [9.17, 15) is 8.42 Å². The summed E-state index contributed by atoms with van der Waals surface area (Å²) in [6, 6.07) is 8.07. The zero-order valence-corrected chi connectivity index (χ0v) is 13.1. The molecule has 1 aromatic heterocycles. The third kappa shape index (κ3) is 3.04. The molecule has 0 aliphatic rings. The molecule has 0 spiro atoms. The van der Waals surface area contributed by atoms with Crippen molar-refractivity contribution >= 4 is 20.9 Å². The number of aromatic nitrogens is 1. The number of nitrogens with one attached hydrogen (secondary N) is 1. The summed E-state index contributed by atoms with van der Waals surface area (Å²) in [6.07, 6.45) is 1.58. The van der Waals surface area contributed by atoms with Gasteiger partial charge in [-0.2, -0.15) is 0 Å². The molecule has 1 aromatic carbocycles. The summed E-state index contributed by atoms with van der Waals surface area (Å²) in [5, 5.41) is 1.12. The molecular formula is C15H22N2O2S. The highest BCUT2D eigenvalue weighted by molar-refractivity contribution is 7.89. The molecule has 4 nitrogen and oxygen atoms in total. The number of benzene rings is 1. The van der Waals surface area contributed by atoms with Gasteiger partial charge in [0, 0.05) is 30.2 Å². The van der Waals surface area contributed by atoms with Crippen LogP contribution in [0.1, 0.15) is 31.0 Å². The Morgan fingerprint density at radius 2 is 1.95 bits per heavy atom. The first-order chi connectivity index (χ1) is 9.46. The first-order valence-electron chi connectivity index (χ1n) is 6.96. The summed E-state index contributed by atoms with van der Waals surface area (Å²) < 4.78 is 28.6. The molecule has 110 valence electrons. The van der Waals surface area contributed by atoms with Crippen molar-refractivity contribution in [2.45, 2.75) is 33.2 Å². The van der Waals surface area contributed by atoms with Gasteiger partial charge in [0.2, 0.25) is 10.0 Å². The van der Waals surface area contributed by atoms with Crippen LogP contribution in [0.4, 0.5) is 0 Å². The smallest absolute Gasteiger partial charge is 0.211 e. The van der Waals surface area contributed by atoms with Gasteiger partial charge in [-0.25, -0.2) is 13.1 Å². The van der Waals surface area contributed by atoms with Crippen molar-refractivity contribution in [2.75, 3.05) is 5.75 Å². The van der Waals surface area contributed by atoms with E-state index < -0.39 is 10.0 Å². The van der Waals surface area contributed by atoms with Crippen LogP contribution in [0.25, 0.3) is 10.9 Å². The monoisotopic (exact) mass is 294 g/mol. The molecule has 0 saturated heterocycles. The van der Waals surface area contributed by atoms with E-state index in [0.29, 0.717) is 13.0 Å². The van der Waals surface area contributed by atoms with E-state index in [-0.39, 0.29) is 5.75 Å². The minimum Gasteiger partial charge on any atom is -0.348 e. The second-order valence-electron chi connectivity index (χ2n) is 5.13. The molecule has 0 amide bonds. The van der Waals surface area contributed by atoms with E-state index in [1.54, 1.807) is 0 Å². The third-order valence-corrected chi connectivity index (χ3v) is 5.18. The van der Waals surface area contributed by atoms with Crippen LogP contribution in [-0.2, 0) is 23.6 Å². The highest BCUT2D eigenvalue weighted by atomic mass is 32.2. The number of hydrogen-bond donors (Lipinski definition) is 1. The van der Waals surface area contributed by atoms with Gasteiger partial charge in [-0.3, -0.25) is 0 Å². The van der Waals surface area contributed by atoms with E-state index in [1.165, 1.54) is 0 Å². The van der Waals surface area contributed by atoms with E-state index in [4.69, 9.17) is 0 Å². The Bertz CT molecular complexity index is 702. The quantitative estimate of drug-likeness (QED) is 0.890. The Hall–Kier alpha value is -1.33. The fourth-order valence-electron chi connectivity index (χ4n) is 2.41. The number of para-hydroxylation sites is 1. The van der Waals surface area contributed by atoms with Gasteiger partial charge < -0.3 is 4.57 Å². The molecular weight excluding hydrogens is 272 g/mol. The standard InChI is InChI=1S/C15H22N2O2S/c1-4-5-10-20(18,19)16-11-14-12(2)17(3)15-9-7-6-8-13(14)15/h6-9,16H,4-5,10-11H2,1-3H3. The minimum absolute atomic E-state index is 0.202. The Labute approximate surface area is 120 Å². The topological polar surface area (TPSA) is 51.1 Å². The van der Waals surface area contributed by atoms with Gasteiger partial charge in [0.25, 0.3) is 0 Å². The average molecular weight is 294 g/mol. The van der Waals surface area contributed by atoms with Gasteiger partial charge in [0.05, 0.1) is 5.75 Å². The number of rotatable bonds is 6. The Morgan fingerprint density at radius 1 is 1.25 bits per heavy atom. The predicted octanol–water partition coefficient (Wildman–Crippen LogP) is 2.71. The molecule has 0 bridgehead atoms. The highest BCUT2D eigenvalue weighted by Gasteiger charge is 2.14. The molecule has 1 heterocycles. The SMILES string of the molecule is CCCCS(=O)(=O)NCc1c(C)n(C)c2ccccc12. The first-order valence-corrected chi connectivity index (χ1v) is 8.61. The second-order valence-corrected chi connectivity index (χ2v) is 7.06. The van der Waals surface area contributed by atoms with Crippen molar-refractivity contribution in [3.8, 4) is 0 Å². The highest BCUT2D eigenvalue weighted by Crippen LogP contribution is 2.24. The molecule has 20 heavy (non-hydrogen) atoms. The van der Waals surface area contributed by atoms with Crippen molar-refractivity contribution < 1.29 is 8.42 Å². The fourth-order valence-corrected chi connectivity index (χ4v) is 3.59. The summed E-state index contributed by atoms with van der Waals surface area (Å²) in [4.78, 5) is 0. The number of hydrogen-bond acceptors (Lipinski definition) is 2. The number of fused-ring (bicyclic) bond motifs is 1. The molecule has 2 aromatic rings. The fraction of sp³-hybridized carbons (Fsp3) is 0.467. The lowest BCUT2D eigenvalue weighted by molar-refractivity contribution is 0.578. The number of aryl methyl sites for hydroxylation is 1. The summed E-state index contributed by atoms with van der Waals surface area (Å²) in [7, 11) is -1.17. The minimum atomic E-state index is -3.18. The third-order valence-electron chi connectivity index (χ3n) is 3.77. The Morgan fingerprint density at radius 3 is 2.65 bits per heavy atom. The summed E-state index contributed by atoms with van der Waals surface area (Å²) in [6.45, 7) is 4.37. The number of unbranched alkanes of at least 4 members (excludes halogenated alkanes) is 1. The van der Waals surface area contributed by atoms with E-state index in [2.05, 4.69) is 15.4 Å². The van der Waals surface area contributed by atoms with Crippen molar-refractivity contribution in [3.05, 3.63) is 35.5 Å². The maximum absolute atomic E-state index is 11.9. The van der Waals surface area contributed by atoms with Crippen LogP contribution in [0.3, 0.4) is 0 Å². The molecule has 0 aliphatic carbocycles. The average Bonchev–Trinajstić information content (AvgIpc) is 2.68. The van der Waals surface area contributed by atoms with Crippen molar-refractivity contribution in [1.29, 1.82) is 0 Å². The maximum Gasteiger partial charge on any atom is 0.211 e. The largest absolute Gasteiger partial charge is 0.348 e. The van der Waals surface area contributed by atoms with Crippen LogP contribution >= 0.6 is 0 Å². The predicted molar refractivity (Wildman–Crippen MR) is 83.2 cm³/mol. The Kier molecular flexibility index (Phi) is 4.50. The van der Waals surface area contributed by atoms with Crippen LogP contribution in [0.15, 0.2) is 24.3 Å². The van der Waals surface area contributed by atoms with Gasteiger partial charge >= 0.3 is 0 Å². The Balaban J connectivity index is 2.24. The number of sulfonamides is 1. The van der Waals surface area contributed by atoms with Gasteiger partial charge in [-0.15, -0.1) is 0 Å². The normalized spacial score (nSPS) is 12.2. The van der Waals surface area contributed by atoms with Crippen LogP contribution in [0.5, 0.6) is 0 Å². The molecule has 1 N–H and O–H groups in total. The zero-order valence-electron chi connectivity index (χ0n) is 12.3. The van der Waals surface area contributed by atoms with Crippen molar-refractivity contribution in [3.63, 3.8) is 0 Å².